The minimum absolute atomic E-state index is 0. The molecule has 4 aromatic heterocycles. The van der Waals surface area contributed by atoms with E-state index >= 15 is 0 Å². The van der Waals surface area contributed by atoms with E-state index < -0.39 is 13.3 Å². The predicted octanol–water partition coefficient (Wildman–Crippen LogP) is 8.97. The summed E-state index contributed by atoms with van der Waals surface area (Å²) in [6, 6.07) is 8.29. The first-order valence-corrected chi connectivity index (χ1v) is 13.8. The summed E-state index contributed by atoms with van der Waals surface area (Å²) in [5, 5.41) is 16.1. The van der Waals surface area contributed by atoms with Gasteiger partial charge in [0, 0.05) is 78.3 Å². The van der Waals surface area contributed by atoms with Crippen LogP contribution in [0.15, 0.2) is 49.1 Å². The Balaban J connectivity index is 0. The number of aryl methyl sites for hydroxylation is 3. The highest BCUT2D eigenvalue weighted by molar-refractivity contribution is 5.07. The standard InChI is InChI=1S/C9H16N2.C8H14N2.2C7H12N2.2CH4/c1-7(2)9-5-6-10-11(9)8(3)4;1-4-10-8(7(2)3)5-6-9-10;2*1-6(2)7-4-5-8-9(7)3;;/h5-8H,1-4H3;5-7H,4H2,1-3H3;2*4-6H,1-3H3;2*1H4/i;1D3,4D2;;;;. The average molecular weight is 576 g/mol. The van der Waals surface area contributed by atoms with Gasteiger partial charge in [-0.2, -0.15) is 20.4 Å². The molecule has 0 radical (unpaired) electrons. The monoisotopic (exact) mass is 576 g/mol. The molecule has 0 unspecified atom stereocenters. The molecule has 0 bridgehead atoms. The number of hydrogen-bond acceptors (Lipinski definition) is 4. The van der Waals surface area contributed by atoms with Gasteiger partial charge in [0.05, 0.1) is 2.74 Å². The van der Waals surface area contributed by atoms with Gasteiger partial charge in [-0.3, -0.25) is 18.7 Å². The summed E-state index contributed by atoms with van der Waals surface area (Å²) in [6.45, 7) is 15.9. The van der Waals surface area contributed by atoms with Crippen molar-refractivity contribution in [3.05, 3.63) is 71.8 Å². The minimum atomic E-state index is -2.72. The molecule has 0 saturated heterocycles. The highest BCUT2D eigenvalue weighted by Crippen LogP contribution is 2.17. The van der Waals surface area contributed by atoms with Crippen LogP contribution in [0, 0.1) is 0 Å². The maximum absolute atomic E-state index is 7.57. The Labute approximate surface area is 259 Å². The van der Waals surface area contributed by atoms with E-state index in [2.05, 4.69) is 86.5 Å². The molecule has 0 spiro atoms. The second-order valence-electron chi connectivity index (χ2n) is 11.0. The molecule has 0 atom stereocenters. The first-order valence-electron chi connectivity index (χ1n) is 16.3. The molecule has 4 rings (SSSR count). The fourth-order valence-electron chi connectivity index (χ4n) is 3.96. The van der Waals surface area contributed by atoms with Crippen molar-refractivity contribution < 1.29 is 6.85 Å². The number of hydrogen-bond donors (Lipinski definition) is 0. The summed E-state index contributed by atoms with van der Waals surface area (Å²) in [7, 11) is 3.94. The summed E-state index contributed by atoms with van der Waals surface area (Å²) in [5.41, 5.74) is 4.47. The SMILES string of the molecule is C.C.CC(C)c1ccnn1C.CC(C)c1ccnn1C.CC(C)c1ccnn1C(C)C.[2H]C([2H])([2H])C([2H])([2H])n1nccc1C(C)C. The normalized spacial score (nSPS) is 12.9. The molecule has 0 aliphatic carbocycles. The average Bonchev–Trinajstić information content (AvgIpc) is 3.70. The molecule has 41 heavy (non-hydrogen) atoms. The second-order valence-corrected chi connectivity index (χ2v) is 11.0. The van der Waals surface area contributed by atoms with Crippen LogP contribution in [0.2, 0.25) is 0 Å². The van der Waals surface area contributed by atoms with Crippen molar-refractivity contribution in [3.8, 4) is 0 Å². The van der Waals surface area contributed by atoms with E-state index in [4.69, 9.17) is 6.85 Å². The third-order valence-corrected chi connectivity index (χ3v) is 6.05. The molecule has 234 valence electrons. The van der Waals surface area contributed by atoms with E-state index in [9.17, 15) is 0 Å². The van der Waals surface area contributed by atoms with Crippen LogP contribution in [0.3, 0.4) is 0 Å². The lowest BCUT2D eigenvalue weighted by Crippen LogP contribution is -2.08. The Morgan fingerprint density at radius 3 is 1.24 bits per heavy atom. The summed E-state index contributed by atoms with van der Waals surface area (Å²) in [6.07, 6.45) is 6.94. The zero-order chi connectivity index (χ0) is 34.0. The van der Waals surface area contributed by atoms with Crippen LogP contribution < -0.4 is 0 Å². The molecule has 8 heteroatoms. The summed E-state index contributed by atoms with van der Waals surface area (Å²) in [4.78, 5) is 0. The van der Waals surface area contributed by atoms with Gasteiger partial charge in [0.1, 0.15) is 0 Å². The van der Waals surface area contributed by atoms with E-state index in [0.717, 1.165) is 4.68 Å². The molecule has 0 saturated carbocycles. The molecule has 0 aliphatic rings. The molecule has 4 heterocycles. The largest absolute Gasteiger partial charge is 0.272 e. The van der Waals surface area contributed by atoms with Crippen LogP contribution in [0.1, 0.15) is 150 Å². The lowest BCUT2D eigenvalue weighted by molar-refractivity contribution is 0.498. The smallest absolute Gasteiger partial charge is 0.0513 e. The molecular formula is C33H62N8. The lowest BCUT2D eigenvalue weighted by atomic mass is 10.1. The van der Waals surface area contributed by atoms with E-state index in [1.807, 2.05) is 68.0 Å². The fourth-order valence-corrected chi connectivity index (χ4v) is 3.96. The Hall–Kier alpha value is -3.16. The zero-order valence-corrected chi connectivity index (χ0v) is 26.1. The van der Waals surface area contributed by atoms with Gasteiger partial charge in [-0.15, -0.1) is 0 Å². The molecule has 0 fully saturated rings. The van der Waals surface area contributed by atoms with Gasteiger partial charge in [0.2, 0.25) is 0 Å². The maximum Gasteiger partial charge on any atom is 0.0513 e. The molecule has 0 amide bonds. The lowest BCUT2D eigenvalue weighted by Gasteiger charge is -2.12. The first kappa shape index (κ1) is 30.8. The van der Waals surface area contributed by atoms with Gasteiger partial charge < -0.3 is 0 Å². The predicted molar refractivity (Wildman–Crippen MR) is 177 cm³/mol. The molecule has 8 nitrogen and oxygen atoms in total. The van der Waals surface area contributed by atoms with Crippen molar-refractivity contribution in [3.63, 3.8) is 0 Å². The van der Waals surface area contributed by atoms with Crippen molar-refractivity contribution in [2.75, 3.05) is 0 Å². The Morgan fingerprint density at radius 2 is 0.951 bits per heavy atom. The van der Waals surface area contributed by atoms with E-state index in [0.29, 0.717) is 29.5 Å². The van der Waals surface area contributed by atoms with Crippen molar-refractivity contribution in [2.45, 2.75) is 127 Å². The molecule has 0 N–H and O–H groups in total. The second kappa shape index (κ2) is 19.8. The van der Waals surface area contributed by atoms with Crippen molar-refractivity contribution in [2.24, 2.45) is 14.1 Å². The Bertz CT molecular complexity index is 1290. The van der Waals surface area contributed by atoms with Gasteiger partial charge in [0.15, 0.2) is 0 Å². The van der Waals surface area contributed by atoms with Crippen molar-refractivity contribution in [1.29, 1.82) is 0 Å². The van der Waals surface area contributed by atoms with Crippen molar-refractivity contribution in [1.82, 2.24) is 39.1 Å². The minimum Gasteiger partial charge on any atom is -0.272 e. The van der Waals surface area contributed by atoms with Crippen LogP contribution in [-0.2, 0) is 20.6 Å². The van der Waals surface area contributed by atoms with Gasteiger partial charge in [0.25, 0.3) is 0 Å². The summed E-state index contributed by atoms with van der Waals surface area (Å²) < 4.78 is 43.4. The summed E-state index contributed by atoms with van der Waals surface area (Å²) >= 11 is 0. The highest BCUT2D eigenvalue weighted by atomic mass is 15.3. The molecule has 0 aliphatic heterocycles. The van der Waals surface area contributed by atoms with Gasteiger partial charge >= 0.3 is 0 Å². The summed E-state index contributed by atoms with van der Waals surface area (Å²) in [5.74, 6) is 1.76. The van der Waals surface area contributed by atoms with Gasteiger partial charge in [-0.05, 0) is 68.6 Å². The van der Waals surface area contributed by atoms with E-state index in [1.165, 1.54) is 23.3 Å². The van der Waals surface area contributed by atoms with Crippen LogP contribution in [-0.4, -0.2) is 39.1 Å². The third kappa shape index (κ3) is 12.9. The van der Waals surface area contributed by atoms with Crippen LogP contribution >= 0.6 is 0 Å². The van der Waals surface area contributed by atoms with Crippen LogP contribution in [0.5, 0.6) is 0 Å². The number of nitrogens with zero attached hydrogens (tertiary/aromatic N) is 8. The number of aromatic nitrogens is 8. The van der Waals surface area contributed by atoms with Gasteiger partial charge in [-0.1, -0.05) is 70.2 Å². The third-order valence-electron chi connectivity index (χ3n) is 6.05. The van der Waals surface area contributed by atoms with Crippen LogP contribution in [0.4, 0.5) is 0 Å². The maximum atomic E-state index is 7.57. The van der Waals surface area contributed by atoms with E-state index in [-0.39, 0.29) is 20.8 Å². The fraction of sp³-hybridized carbons (Fsp3) is 0.636. The van der Waals surface area contributed by atoms with Crippen LogP contribution in [0.25, 0.3) is 0 Å². The quantitative estimate of drug-likeness (QED) is 0.230. The Kier molecular flexibility index (Phi) is 14.9. The highest BCUT2D eigenvalue weighted by Gasteiger charge is 2.08. The first-order chi connectivity index (χ1) is 20.2. The van der Waals surface area contributed by atoms with Gasteiger partial charge in [-0.25, -0.2) is 0 Å². The molecule has 4 aromatic rings. The van der Waals surface area contributed by atoms with Crippen molar-refractivity contribution >= 4 is 0 Å². The zero-order valence-electron chi connectivity index (χ0n) is 31.1. The molecular weight excluding hydrogens is 508 g/mol. The Morgan fingerprint density at radius 1 is 0.585 bits per heavy atom. The molecule has 0 aromatic carbocycles. The van der Waals surface area contributed by atoms with E-state index in [1.54, 1.807) is 6.07 Å². The number of rotatable bonds is 6. The topological polar surface area (TPSA) is 71.3 Å².